The predicted octanol–water partition coefficient (Wildman–Crippen LogP) is 3.30. The van der Waals surface area contributed by atoms with Crippen LogP contribution in [0.2, 0.25) is 0 Å². The Morgan fingerprint density at radius 2 is 1.90 bits per heavy atom. The van der Waals surface area contributed by atoms with E-state index in [-0.39, 0.29) is 41.8 Å². The fourth-order valence-electron chi connectivity index (χ4n) is 5.24. The van der Waals surface area contributed by atoms with Crippen LogP contribution in [0.15, 0.2) is 29.0 Å². The summed E-state index contributed by atoms with van der Waals surface area (Å²) in [5.41, 5.74) is -0.0626. The quantitative estimate of drug-likeness (QED) is 0.489. The van der Waals surface area contributed by atoms with Gasteiger partial charge in [0, 0.05) is 44.3 Å². The van der Waals surface area contributed by atoms with Crippen LogP contribution in [-0.2, 0) is 21.5 Å². The Morgan fingerprint density at radius 3 is 2.51 bits per heavy atom. The van der Waals surface area contributed by atoms with Crippen LogP contribution in [0.25, 0.3) is 0 Å². The number of furan rings is 1. The van der Waals surface area contributed by atoms with Crippen molar-refractivity contribution in [1.29, 1.82) is 0 Å². The summed E-state index contributed by atoms with van der Waals surface area (Å²) in [7, 11) is 0. The summed E-state index contributed by atoms with van der Waals surface area (Å²) in [5.74, 6) is 0.788. The summed E-state index contributed by atoms with van der Waals surface area (Å²) in [5, 5.41) is 13.2. The molecular weight excluding hydrogens is 528 g/mol. The Morgan fingerprint density at radius 1 is 1.17 bits per heavy atom. The number of carboxylic acid groups (broad SMARTS) is 1. The fourth-order valence-corrected chi connectivity index (χ4v) is 5.24. The average Bonchev–Trinajstić information content (AvgIpc) is 3.47. The first-order valence-electron chi connectivity index (χ1n) is 14.2. The van der Waals surface area contributed by atoms with Crippen LogP contribution in [0, 0.1) is 11.8 Å². The molecule has 0 bridgehead atoms. The number of anilines is 1. The highest BCUT2D eigenvalue weighted by Crippen LogP contribution is 2.28. The second-order valence-corrected chi connectivity index (χ2v) is 12.2. The zero-order valence-corrected chi connectivity index (χ0v) is 24.6. The van der Waals surface area contributed by atoms with Crippen molar-refractivity contribution in [3.63, 3.8) is 0 Å². The van der Waals surface area contributed by atoms with Gasteiger partial charge >= 0.3 is 6.09 Å². The van der Waals surface area contributed by atoms with Crippen LogP contribution in [0.1, 0.15) is 63.0 Å². The van der Waals surface area contributed by atoms with Crippen molar-refractivity contribution in [1.82, 2.24) is 24.7 Å². The molecule has 2 atom stereocenters. The van der Waals surface area contributed by atoms with E-state index in [4.69, 9.17) is 14.1 Å². The van der Waals surface area contributed by atoms with Gasteiger partial charge in [-0.2, -0.15) is 0 Å². The first-order valence-corrected chi connectivity index (χ1v) is 14.2. The van der Waals surface area contributed by atoms with Gasteiger partial charge in [0.2, 0.25) is 5.91 Å². The van der Waals surface area contributed by atoms with E-state index in [1.165, 1.54) is 4.90 Å². The van der Waals surface area contributed by atoms with E-state index in [0.29, 0.717) is 63.2 Å². The van der Waals surface area contributed by atoms with Crippen molar-refractivity contribution >= 4 is 23.7 Å². The van der Waals surface area contributed by atoms with Crippen LogP contribution in [-0.4, -0.2) is 99.7 Å². The molecule has 0 spiro atoms. The first kappa shape index (κ1) is 30.3. The maximum Gasteiger partial charge on any atom is 0.407 e. The number of hydrogen-bond acceptors (Lipinski definition) is 8. The van der Waals surface area contributed by atoms with Gasteiger partial charge in [-0.15, -0.1) is 0 Å². The fraction of sp³-hybridized carbons (Fsp3) is 0.621. The monoisotopic (exact) mass is 570 g/mol. The van der Waals surface area contributed by atoms with Crippen molar-refractivity contribution < 1.29 is 28.6 Å². The number of likely N-dealkylation sites (tertiary alicyclic amines) is 1. The number of nitrogens with zero attached hydrogens (tertiary/aromatic N) is 5. The standard InChI is InChI=1S/C29H42N6O6/c1-19(2)16-35(21-13-20(17-34(18-21)28(38)39)25(36)33-8-11-40-12-9-33)26(37)23-15-31-27(29(3,4)5)32-24(23)30-14-22-7-6-10-41-22/h6-7,10,15,19-21H,8-9,11-14,16-18H2,1-5H3,(H,38,39)(H,30,31,32). The largest absolute Gasteiger partial charge is 0.467 e. The van der Waals surface area contributed by atoms with E-state index in [0.717, 1.165) is 0 Å². The van der Waals surface area contributed by atoms with Crippen LogP contribution >= 0.6 is 0 Å². The predicted molar refractivity (Wildman–Crippen MR) is 152 cm³/mol. The third kappa shape index (κ3) is 7.55. The number of carbonyl (C=O) groups is 3. The van der Waals surface area contributed by atoms with Crippen LogP contribution in [0.3, 0.4) is 0 Å². The molecule has 0 radical (unpaired) electrons. The van der Waals surface area contributed by atoms with Crippen molar-refractivity contribution in [3.8, 4) is 0 Å². The molecule has 41 heavy (non-hydrogen) atoms. The number of carbonyl (C=O) groups excluding carboxylic acids is 2. The molecule has 4 heterocycles. The minimum Gasteiger partial charge on any atom is -0.467 e. The summed E-state index contributed by atoms with van der Waals surface area (Å²) in [6, 6.07) is 3.13. The maximum absolute atomic E-state index is 14.3. The lowest BCUT2D eigenvalue weighted by Crippen LogP contribution is -2.58. The third-order valence-electron chi connectivity index (χ3n) is 7.33. The molecule has 2 N–H and O–H groups in total. The number of aromatic nitrogens is 2. The minimum atomic E-state index is -1.11. The molecule has 2 aromatic rings. The van der Waals surface area contributed by atoms with Gasteiger partial charge in [-0.05, 0) is 24.5 Å². The van der Waals surface area contributed by atoms with E-state index >= 15 is 0 Å². The molecule has 2 unspecified atom stereocenters. The second-order valence-electron chi connectivity index (χ2n) is 12.2. The molecule has 12 nitrogen and oxygen atoms in total. The lowest BCUT2D eigenvalue weighted by atomic mass is 9.91. The third-order valence-corrected chi connectivity index (χ3v) is 7.33. The van der Waals surface area contributed by atoms with Crippen molar-refractivity contribution in [2.75, 3.05) is 51.3 Å². The molecule has 2 aliphatic heterocycles. The van der Waals surface area contributed by atoms with Crippen LogP contribution in [0.5, 0.6) is 0 Å². The van der Waals surface area contributed by atoms with E-state index in [9.17, 15) is 19.5 Å². The van der Waals surface area contributed by atoms with Crippen LogP contribution < -0.4 is 5.32 Å². The van der Waals surface area contributed by atoms with Gasteiger partial charge in [0.25, 0.3) is 5.91 Å². The highest BCUT2D eigenvalue weighted by Gasteiger charge is 2.40. The Balaban J connectivity index is 1.66. The minimum absolute atomic E-state index is 0.0973. The Kier molecular flexibility index (Phi) is 9.52. The Hall–Kier alpha value is -3.67. The van der Waals surface area contributed by atoms with Crippen molar-refractivity contribution in [3.05, 3.63) is 41.7 Å². The molecular formula is C29H42N6O6. The first-order chi connectivity index (χ1) is 19.4. The molecule has 2 aromatic heterocycles. The van der Waals surface area contributed by atoms with Gasteiger partial charge in [-0.1, -0.05) is 34.6 Å². The number of ether oxygens (including phenoxy) is 1. The summed E-state index contributed by atoms with van der Waals surface area (Å²) in [4.78, 5) is 53.8. The van der Waals surface area contributed by atoms with Gasteiger partial charge in [0.05, 0.1) is 38.0 Å². The van der Waals surface area contributed by atoms with E-state index in [2.05, 4.69) is 10.3 Å². The molecule has 3 amide bonds. The number of rotatable bonds is 8. The molecule has 2 aliphatic rings. The van der Waals surface area contributed by atoms with Crippen molar-refractivity contribution in [2.24, 2.45) is 11.8 Å². The topological polar surface area (TPSA) is 141 Å². The number of nitrogens with one attached hydrogen (secondary N) is 1. The Labute approximate surface area is 241 Å². The Bertz CT molecular complexity index is 1200. The van der Waals surface area contributed by atoms with Gasteiger partial charge in [0.15, 0.2) is 0 Å². The summed E-state index contributed by atoms with van der Waals surface area (Å²) >= 11 is 0. The molecule has 0 saturated carbocycles. The molecule has 4 rings (SSSR count). The zero-order valence-electron chi connectivity index (χ0n) is 24.6. The van der Waals surface area contributed by atoms with Crippen molar-refractivity contribution in [2.45, 2.75) is 59.0 Å². The van der Waals surface area contributed by atoms with E-state index < -0.39 is 18.1 Å². The summed E-state index contributed by atoms with van der Waals surface area (Å²) < 4.78 is 10.8. The second kappa shape index (κ2) is 12.9. The van der Waals surface area contributed by atoms with Crippen LogP contribution in [0.4, 0.5) is 10.6 Å². The highest BCUT2D eigenvalue weighted by atomic mass is 16.5. The number of hydrogen-bond donors (Lipinski definition) is 2. The maximum atomic E-state index is 14.3. The number of amides is 3. The van der Waals surface area contributed by atoms with E-state index in [1.807, 2.05) is 40.7 Å². The van der Waals surface area contributed by atoms with Gasteiger partial charge in [-0.25, -0.2) is 14.8 Å². The zero-order chi connectivity index (χ0) is 29.7. The molecule has 0 aromatic carbocycles. The molecule has 2 saturated heterocycles. The normalized spacial score (nSPS) is 19.8. The SMILES string of the molecule is CC(C)CN(C(=O)c1cnc(C(C)(C)C)nc1NCc1ccco1)C1CC(C(=O)N2CCOCC2)CN(C(=O)O)C1. The lowest BCUT2D eigenvalue weighted by molar-refractivity contribution is -0.142. The molecule has 224 valence electrons. The van der Waals surface area contributed by atoms with Gasteiger partial charge < -0.3 is 34.3 Å². The summed E-state index contributed by atoms with van der Waals surface area (Å²) in [6.07, 6.45) is 2.39. The molecule has 12 heteroatoms. The molecule has 2 fully saturated rings. The summed E-state index contributed by atoms with van der Waals surface area (Å²) in [6.45, 7) is 12.8. The average molecular weight is 571 g/mol. The van der Waals surface area contributed by atoms with Gasteiger partial charge in [0.1, 0.15) is 23.0 Å². The van der Waals surface area contributed by atoms with E-state index in [1.54, 1.807) is 28.3 Å². The van der Waals surface area contributed by atoms with Gasteiger partial charge in [-0.3, -0.25) is 9.59 Å². The smallest absolute Gasteiger partial charge is 0.407 e. The number of morpholine rings is 1. The highest BCUT2D eigenvalue weighted by molar-refractivity contribution is 5.98. The molecule has 0 aliphatic carbocycles. The number of piperidine rings is 1. The lowest BCUT2D eigenvalue weighted by Gasteiger charge is -2.43.